The number of nitrogens with zero attached hydrogens (tertiary/aromatic N) is 1. The van der Waals surface area contributed by atoms with Gasteiger partial charge in [-0.15, -0.1) is 0 Å². The number of hydrogen-bond donors (Lipinski definition) is 0. The van der Waals surface area contributed by atoms with E-state index in [0.29, 0.717) is 0 Å². The summed E-state index contributed by atoms with van der Waals surface area (Å²) in [4.78, 5) is 2.49. The summed E-state index contributed by atoms with van der Waals surface area (Å²) in [5.74, 6) is 0. The van der Waals surface area contributed by atoms with Crippen LogP contribution in [0.3, 0.4) is 0 Å². The quantitative estimate of drug-likeness (QED) is 0.520. The number of hydrogen-bond acceptors (Lipinski definition) is 1. The molecule has 1 aliphatic heterocycles. The van der Waals surface area contributed by atoms with E-state index in [1.165, 1.54) is 32.2 Å². The maximum atomic E-state index is 2.49. The number of likely N-dealkylation sites (tertiary alicyclic amines) is 1. The van der Waals surface area contributed by atoms with Gasteiger partial charge in [0.05, 0.1) is 0 Å². The minimum Gasteiger partial charge on any atom is -0.303 e. The van der Waals surface area contributed by atoms with Crippen molar-refractivity contribution in [2.24, 2.45) is 0 Å². The lowest BCUT2D eigenvalue weighted by atomic mass is 10.0. The van der Waals surface area contributed by atoms with Crippen molar-refractivity contribution in [3.05, 3.63) is 0 Å². The Hall–Kier alpha value is -0.0400. The highest BCUT2D eigenvalue weighted by molar-refractivity contribution is 4.71. The lowest BCUT2D eigenvalue weighted by Gasteiger charge is -2.31. The topological polar surface area (TPSA) is 3.24 Å². The van der Waals surface area contributed by atoms with Gasteiger partial charge >= 0.3 is 0 Å². The lowest BCUT2D eigenvalue weighted by molar-refractivity contribution is 0.181. The minimum absolute atomic E-state index is 0.888. The molecule has 1 heteroatoms. The molecule has 1 fully saturated rings. The van der Waals surface area contributed by atoms with Crippen LogP contribution in [-0.2, 0) is 0 Å². The van der Waals surface area contributed by atoms with Crippen molar-refractivity contribution in [1.29, 1.82) is 0 Å². The van der Waals surface area contributed by atoms with Crippen LogP contribution in [0.4, 0.5) is 0 Å². The summed E-state index contributed by atoms with van der Waals surface area (Å²) in [7, 11) is 2.24. The predicted octanol–water partition coefficient (Wildman–Crippen LogP) is 1.88. The monoisotopic (exact) mass is 127 g/mol. The van der Waals surface area contributed by atoms with E-state index in [-0.39, 0.29) is 0 Å². The van der Waals surface area contributed by atoms with Crippen LogP contribution in [0.2, 0.25) is 0 Å². The Morgan fingerprint density at radius 1 is 1.44 bits per heavy atom. The van der Waals surface area contributed by atoms with Gasteiger partial charge in [0.1, 0.15) is 0 Å². The zero-order chi connectivity index (χ0) is 6.69. The smallest absolute Gasteiger partial charge is 0.00895 e. The molecule has 0 aromatic carbocycles. The molecule has 1 rings (SSSR count). The average molecular weight is 127 g/mol. The Kier molecular flexibility index (Phi) is 2.52. The Morgan fingerprint density at radius 2 is 2.22 bits per heavy atom. The fraction of sp³-hybridized carbons (Fsp3) is 1.00. The van der Waals surface area contributed by atoms with Gasteiger partial charge in [0.25, 0.3) is 0 Å². The van der Waals surface area contributed by atoms with Gasteiger partial charge in [0.15, 0.2) is 0 Å². The molecule has 0 saturated carbocycles. The molecule has 1 aliphatic rings. The van der Waals surface area contributed by atoms with Gasteiger partial charge in [-0.3, -0.25) is 0 Å². The summed E-state index contributed by atoms with van der Waals surface area (Å²) in [6, 6.07) is 0.888. The molecule has 0 spiro atoms. The van der Waals surface area contributed by atoms with Crippen LogP contribution in [0.25, 0.3) is 0 Å². The first-order chi connectivity index (χ1) is 4.34. The summed E-state index contributed by atoms with van der Waals surface area (Å²) in [5.41, 5.74) is 0. The second kappa shape index (κ2) is 3.21. The highest BCUT2D eigenvalue weighted by Gasteiger charge is 2.15. The second-order valence-electron chi connectivity index (χ2n) is 3.04. The van der Waals surface area contributed by atoms with Gasteiger partial charge < -0.3 is 4.90 Å². The number of piperidine rings is 1. The maximum Gasteiger partial charge on any atom is 0.00895 e. The molecule has 0 aliphatic carbocycles. The van der Waals surface area contributed by atoms with Gasteiger partial charge in [0, 0.05) is 6.04 Å². The van der Waals surface area contributed by atoms with Crippen LogP contribution < -0.4 is 0 Å². The highest BCUT2D eigenvalue weighted by Crippen LogP contribution is 2.16. The lowest BCUT2D eigenvalue weighted by Crippen LogP contribution is -2.35. The SMILES string of the molecule is CC[C@@H]1CCCCN1C. The second-order valence-corrected chi connectivity index (χ2v) is 3.04. The van der Waals surface area contributed by atoms with Crippen LogP contribution in [0.5, 0.6) is 0 Å². The van der Waals surface area contributed by atoms with E-state index in [1.807, 2.05) is 0 Å². The molecular formula is C8H17N. The average Bonchev–Trinajstić information content (AvgIpc) is 1.89. The first-order valence-electron chi connectivity index (χ1n) is 4.05. The van der Waals surface area contributed by atoms with Gasteiger partial charge in [0.2, 0.25) is 0 Å². The molecular weight excluding hydrogens is 110 g/mol. The van der Waals surface area contributed by atoms with Crippen molar-refractivity contribution >= 4 is 0 Å². The largest absolute Gasteiger partial charge is 0.303 e. The van der Waals surface area contributed by atoms with Crippen molar-refractivity contribution in [2.75, 3.05) is 13.6 Å². The molecule has 0 amide bonds. The fourth-order valence-electron chi connectivity index (χ4n) is 1.66. The molecule has 0 bridgehead atoms. The third kappa shape index (κ3) is 1.68. The molecule has 0 N–H and O–H groups in total. The van der Waals surface area contributed by atoms with Crippen molar-refractivity contribution in [3.63, 3.8) is 0 Å². The van der Waals surface area contributed by atoms with E-state index in [2.05, 4.69) is 18.9 Å². The van der Waals surface area contributed by atoms with Crippen LogP contribution >= 0.6 is 0 Å². The molecule has 1 atom stereocenters. The minimum atomic E-state index is 0.888. The molecule has 1 saturated heterocycles. The van der Waals surface area contributed by atoms with Crippen molar-refractivity contribution in [1.82, 2.24) is 4.90 Å². The van der Waals surface area contributed by atoms with Gasteiger partial charge in [-0.25, -0.2) is 0 Å². The summed E-state index contributed by atoms with van der Waals surface area (Å²) in [5, 5.41) is 0. The van der Waals surface area contributed by atoms with E-state index in [1.54, 1.807) is 0 Å². The Balaban J connectivity index is 2.30. The van der Waals surface area contributed by atoms with Crippen LogP contribution in [0.15, 0.2) is 0 Å². The van der Waals surface area contributed by atoms with Crippen LogP contribution in [-0.4, -0.2) is 24.5 Å². The molecule has 54 valence electrons. The molecule has 0 radical (unpaired) electrons. The van der Waals surface area contributed by atoms with Crippen molar-refractivity contribution < 1.29 is 0 Å². The van der Waals surface area contributed by atoms with Gasteiger partial charge in [-0.2, -0.15) is 0 Å². The first kappa shape index (κ1) is 7.07. The molecule has 0 unspecified atom stereocenters. The molecule has 0 aromatic heterocycles. The molecule has 0 aromatic rings. The standard InChI is InChI=1S/C8H17N/c1-3-8-6-4-5-7-9(8)2/h8H,3-7H2,1-2H3/t8-/m1/s1. The number of rotatable bonds is 1. The summed E-state index contributed by atoms with van der Waals surface area (Å²) in [6.45, 7) is 3.60. The molecule has 9 heavy (non-hydrogen) atoms. The summed E-state index contributed by atoms with van der Waals surface area (Å²) < 4.78 is 0. The van der Waals surface area contributed by atoms with Crippen molar-refractivity contribution in [2.45, 2.75) is 38.6 Å². The van der Waals surface area contributed by atoms with E-state index in [0.717, 1.165) is 6.04 Å². The summed E-state index contributed by atoms with van der Waals surface area (Å²) in [6.07, 6.45) is 5.61. The normalized spacial score (nSPS) is 30.7. The van der Waals surface area contributed by atoms with E-state index >= 15 is 0 Å². The van der Waals surface area contributed by atoms with Crippen LogP contribution in [0.1, 0.15) is 32.6 Å². The summed E-state index contributed by atoms with van der Waals surface area (Å²) >= 11 is 0. The van der Waals surface area contributed by atoms with E-state index < -0.39 is 0 Å². The van der Waals surface area contributed by atoms with Gasteiger partial charge in [-0.05, 0) is 32.9 Å². The Labute approximate surface area is 58.0 Å². The van der Waals surface area contributed by atoms with Crippen LogP contribution in [0, 0.1) is 0 Å². The third-order valence-corrected chi connectivity index (χ3v) is 2.39. The molecule has 1 nitrogen and oxygen atoms in total. The first-order valence-corrected chi connectivity index (χ1v) is 4.05. The third-order valence-electron chi connectivity index (χ3n) is 2.39. The predicted molar refractivity (Wildman–Crippen MR) is 40.6 cm³/mol. The maximum absolute atomic E-state index is 2.49. The Morgan fingerprint density at radius 3 is 2.67 bits per heavy atom. The van der Waals surface area contributed by atoms with Crippen molar-refractivity contribution in [3.8, 4) is 0 Å². The fourth-order valence-corrected chi connectivity index (χ4v) is 1.66. The van der Waals surface area contributed by atoms with E-state index in [9.17, 15) is 0 Å². The zero-order valence-electron chi connectivity index (χ0n) is 6.56. The highest BCUT2D eigenvalue weighted by atomic mass is 15.1. The molecule has 1 heterocycles. The zero-order valence-corrected chi connectivity index (χ0v) is 6.56. The van der Waals surface area contributed by atoms with E-state index in [4.69, 9.17) is 0 Å². The Bertz CT molecular complexity index is 80.6. The van der Waals surface area contributed by atoms with Gasteiger partial charge in [-0.1, -0.05) is 13.3 Å².